The van der Waals surface area contributed by atoms with Crippen molar-refractivity contribution in [2.45, 2.75) is 6.54 Å². The quantitative estimate of drug-likeness (QED) is 0.522. The second kappa shape index (κ2) is 7.25. The highest BCUT2D eigenvalue weighted by Gasteiger charge is 2.06. The standard InChI is InChI=1S/C22H18N4O/c23-19-9-10-20(18-6-3-15(14-27)4-7-18)26-22(19)25-13-16-5-8-17-2-1-11-24-21(17)12-16/h1-12,14H,13,23H2,(H,25,26). The smallest absolute Gasteiger partial charge is 0.150 e. The van der Waals surface area contributed by atoms with Crippen molar-refractivity contribution in [1.29, 1.82) is 0 Å². The van der Waals surface area contributed by atoms with Crippen molar-refractivity contribution < 1.29 is 4.79 Å². The molecule has 0 amide bonds. The summed E-state index contributed by atoms with van der Waals surface area (Å²) in [5.74, 6) is 0.632. The summed E-state index contributed by atoms with van der Waals surface area (Å²) in [6.07, 6.45) is 2.62. The molecule has 27 heavy (non-hydrogen) atoms. The van der Waals surface area contributed by atoms with Gasteiger partial charge in [0.05, 0.1) is 16.9 Å². The number of pyridine rings is 2. The van der Waals surface area contributed by atoms with Crippen molar-refractivity contribution >= 4 is 28.7 Å². The summed E-state index contributed by atoms with van der Waals surface area (Å²) in [4.78, 5) is 19.8. The molecular formula is C22H18N4O. The first-order valence-electron chi connectivity index (χ1n) is 8.62. The average molecular weight is 354 g/mol. The molecule has 0 aliphatic carbocycles. The fraction of sp³-hybridized carbons (Fsp3) is 0.0455. The van der Waals surface area contributed by atoms with Crippen LogP contribution >= 0.6 is 0 Å². The van der Waals surface area contributed by atoms with Crippen LogP contribution in [0.5, 0.6) is 0 Å². The number of aldehydes is 1. The monoisotopic (exact) mass is 354 g/mol. The van der Waals surface area contributed by atoms with Gasteiger partial charge < -0.3 is 11.1 Å². The second-order valence-corrected chi connectivity index (χ2v) is 6.26. The minimum atomic E-state index is 0.585. The van der Waals surface area contributed by atoms with Crippen LogP contribution in [0.3, 0.4) is 0 Å². The highest BCUT2D eigenvalue weighted by molar-refractivity contribution is 5.79. The molecule has 0 saturated carbocycles. The maximum atomic E-state index is 10.8. The van der Waals surface area contributed by atoms with Gasteiger partial charge in [-0.2, -0.15) is 0 Å². The van der Waals surface area contributed by atoms with Crippen molar-refractivity contribution in [3.05, 3.63) is 84.1 Å². The Morgan fingerprint density at radius 1 is 1.00 bits per heavy atom. The van der Waals surface area contributed by atoms with E-state index in [9.17, 15) is 4.79 Å². The van der Waals surface area contributed by atoms with Gasteiger partial charge in [-0.3, -0.25) is 9.78 Å². The zero-order valence-electron chi connectivity index (χ0n) is 14.6. The molecule has 5 nitrogen and oxygen atoms in total. The van der Waals surface area contributed by atoms with Crippen LogP contribution in [0.2, 0.25) is 0 Å². The molecule has 4 rings (SSSR count). The first-order chi connectivity index (χ1) is 13.2. The Balaban J connectivity index is 1.56. The molecule has 0 aliphatic rings. The van der Waals surface area contributed by atoms with Gasteiger partial charge in [0, 0.05) is 29.3 Å². The highest BCUT2D eigenvalue weighted by atomic mass is 16.1. The van der Waals surface area contributed by atoms with Crippen molar-refractivity contribution in [3.8, 4) is 11.3 Å². The van der Waals surface area contributed by atoms with Crippen LogP contribution in [0.1, 0.15) is 15.9 Å². The van der Waals surface area contributed by atoms with Gasteiger partial charge in [-0.1, -0.05) is 42.5 Å². The molecule has 0 atom stereocenters. The molecule has 5 heteroatoms. The molecule has 0 aliphatic heterocycles. The van der Waals surface area contributed by atoms with Gasteiger partial charge in [-0.15, -0.1) is 0 Å². The molecule has 0 radical (unpaired) electrons. The van der Waals surface area contributed by atoms with E-state index in [1.54, 1.807) is 18.3 Å². The predicted molar refractivity (Wildman–Crippen MR) is 109 cm³/mol. The van der Waals surface area contributed by atoms with Crippen molar-refractivity contribution in [1.82, 2.24) is 9.97 Å². The molecular weight excluding hydrogens is 336 g/mol. The lowest BCUT2D eigenvalue weighted by Gasteiger charge is -2.11. The lowest BCUT2D eigenvalue weighted by atomic mass is 10.1. The van der Waals surface area contributed by atoms with Crippen LogP contribution in [-0.4, -0.2) is 16.3 Å². The SMILES string of the molecule is Nc1ccc(-c2ccc(C=O)cc2)nc1NCc1ccc2cccnc2c1. The lowest BCUT2D eigenvalue weighted by molar-refractivity contribution is 0.112. The van der Waals surface area contributed by atoms with Crippen LogP contribution in [0.15, 0.2) is 72.9 Å². The van der Waals surface area contributed by atoms with E-state index in [1.165, 1.54) is 0 Å². The van der Waals surface area contributed by atoms with Crippen LogP contribution in [0.4, 0.5) is 11.5 Å². The van der Waals surface area contributed by atoms with E-state index < -0.39 is 0 Å². The number of rotatable bonds is 5. The minimum Gasteiger partial charge on any atom is -0.396 e. The van der Waals surface area contributed by atoms with Gasteiger partial charge in [-0.05, 0) is 29.8 Å². The van der Waals surface area contributed by atoms with Crippen molar-refractivity contribution in [3.63, 3.8) is 0 Å². The fourth-order valence-corrected chi connectivity index (χ4v) is 2.91. The largest absolute Gasteiger partial charge is 0.396 e. The molecule has 0 unspecified atom stereocenters. The zero-order valence-corrected chi connectivity index (χ0v) is 14.6. The first kappa shape index (κ1) is 16.7. The van der Waals surface area contributed by atoms with Crippen molar-refractivity contribution in [2.75, 3.05) is 11.1 Å². The summed E-state index contributed by atoms with van der Waals surface area (Å²) < 4.78 is 0. The number of nitrogens with one attached hydrogen (secondary N) is 1. The van der Waals surface area contributed by atoms with Crippen LogP contribution in [0, 0.1) is 0 Å². The van der Waals surface area contributed by atoms with E-state index in [4.69, 9.17) is 5.73 Å². The number of benzene rings is 2. The summed E-state index contributed by atoms with van der Waals surface area (Å²) >= 11 is 0. The summed E-state index contributed by atoms with van der Waals surface area (Å²) in [5, 5.41) is 4.42. The molecule has 2 aromatic heterocycles. The van der Waals surface area contributed by atoms with Gasteiger partial charge in [-0.25, -0.2) is 4.98 Å². The van der Waals surface area contributed by atoms with Crippen molar-refractivity contribution in [2.24, 2.45) is 0 Å². The van der Waals surface area contributed by atoms with Crippen LogP contribution in [0.25, 0.3) is 22.2 Å². The lowest BCUT2D eigenvalue weighted by Crippen LogP contribution is -2.05. The summed E-state index contributed by atoms with van der Waals surface area (Å²) in [7, 11) is 0. The van der Waals surface area contributed by atoms with Crippen LogP contribution < -0.4 is 11.1 Å². The number of hydrogen-bond donors (Lipinski definition) is 2. The second-order valence-electron chi connectivity index (χ2n) is 6.26. The Morgan fingerprint density at radius 2 is 1.85 bits per heavy atom. The van der Waals surface area contributed by atoms with E-state index >= 15 is 0 Å². The van der Waals surface area contributed by atoms with Gasteiger partial charge >= 0.3 is 0 Å². The Kier molecular flexibility index (Phi) is 4.49. The molecule has 0 saturated heterocycles. The predicted octanol–water partition coefficient (Wildman–Crippen LogP) is 4.30. The Morgan fingerprint density at radius 3 is 2.67 bits per heavy atom. The van der Waals surface area contributed by atoms with Crippen LogP contribution in [-0.2, 0) is 6.54 Å². The third-order valence-electron chi connectivity index (χ3n) is 4.40. The topological polar surface area (TPSA) is 80.9 Å². The molecule has 132 valence electrons. The van der Waals surface area contributed by atoms with E-state index in [0.29, 0.717) is 23.6 Å². The summed E-state index contributed by atoms with van der Waals surface area (Å²) in [6.45, 7) is 0.594. The number of fused-ring (bicyclic) bond motifs is 1. The molecule has 0 bridgehead atoms. The first-order valence-corrected chi connectivity index (χ1v) is 8.62. The fourth-order valence-electron chi connectivity index (χ4n) is 2.91. The Hall–Kier alpha value is -3.73. The number of anilines is 2. The summed E-state index contributed by atoms with van der Waals surface area (Å²) in [6, 6.07) is 21.1. The number of nitrogen functional groups attached to an aromatic ring is 1. The molecule has 3 N–H and O–H groups in total. The number of nitrogens with two attached hydrogens (primary N) is 1. The Bertz CT molecular complexity index is 1110. The highest BCUT2D eigenvalue weighted by Crippen LogP contribution is 2.24. The van der Waals surface area contributed by atoms with Gasteiger partial charge in [0.25, 0.3) is 0 Å². The number of carbonyl (C=O) groups excluding carboxylic acids is 1. The maximum Gasteiger partial charge on any atom is 0.150 e. The molecule has 0 spiro atoms. The van der Waals surface area contributed by atoms with E-state index in [-0.39, 0.29) is 0 Å². The van der Waals surface area contributed by atoms with E-state index in [0.717, 1.165) is 34.0 Å². The third kappa shape index (κ3) is 3.62. The molecule has 2 aromatic carbocycles. The molecule has 0 fully saturated rings. The van der Waals surface area contributed by atoms with Gasteiger partial charge in [0.1, 0.15) is 12.1 Å². The number of carbonyl (C=O) groups is 1. The Labute approximate surface area is 156 Å². The number of nitrogens with zero attached hydrogens (tertiary/aromatic N) is 2. The molecule has 4 aromatic rings. The van der Waals surface area contributed by atoms with E-state index in [2.05, 4.69) is 33.5 Å². The zero-order chi connectivity index (χ0) is 18.6. The average Bonchev–Trinajstić information content (AvgIpc) is 2.73. The molecule has 2 heterocycles. The van der Waals surface area contributed by atoms with Gasteiger partial charge in [0.15, 0.2) is 0 Å². The number of aromatic nitrogens is 2. The minimum absolute atomic E-state index is 0.585. The number of hydrogen-bond acceptors (Lipinski definition) is 5. The third-order valence-corrected chi connectivity index (χ3v) is 4.40. The maximum absolute atomic E-state index is 10.8. The normalized spacial score (nSPS) is 10.7. The van der Waals surface area contributed by atoms with E-state index in [1.807, 2.05) is 36.4 Å². The summed E-state index contributed by atoms with van der Waals surface area (Å²) in [5.41, 5.74) is 11.1. The van der Waals surface area contributed by atoms with Gasteiger partial charge in [0.2, 0.25) is 0 Å².